The molecule has 0 aliphatic heterocycles. The largest absolute Gasteiger partial charge is 0.497 e. The number of nitrogens with zero attached hydrogens (tertiary/aromatic N) is 2. The third-order valence-electron chi connectivity index (χ3n) is 4.58. The van der Waals surface area contributed by atoms with E-state index in [0.717, 1.165) is 55.5 Å². The molecule has 148 valence electrons. The van der Waals surface area contributed by atoms with Crippen molar-refractivity contribution in [2.45, 2.75) is 52.5 Å². The van der Waals surface area contributed by atoms with Crippen LogP contribution in [-0.4, -0.2) is 31.3 Å². The summed E-state index contributed by atoms with van der Waals surface area (Å²) in [5.74, 6) is 2.92. The van der Waals surface area contributed by atoms with Crippen LogP contribution in [0.15, 0.2) is 39.8 Å². The summed E-state index contributed by atoms with van der Waals surface area (Å²) in [5, 5.41) is 10.8. The molecule has 0 aliphatic carbocycles. The van der Waals surface area contributed by atoms with E-state index in [0.29, 0.717) is 12.5 Å². The quantitative estimate of drug-likeness (QED) is 0.489. The van der Waals surface area contributed by atoms with Crippen LogP contribution in [0.25, 0.3) is 0 Å². The van der Waals surface area contributed by atoms with Crippen molar-refractivity contribution in [2.75, 3.05) is 20.2 Å². The summed E-state index contributed by atoms with van der Waals surface area (Å²) >= 11 is 0. The fraction of sp³-hybridized carbons (Fsp3) is 0.524. The molecular weight excluding hydrogens is 340 g/mol. The lowest BCUT2D eigenvalue weighted by Crippen LogP contribution is -2.38. The van der Waals surface area contributed by atoms with Crippen molar-refractivity contribution in [3.05, 3.63) is 47.3 Å². The minimum atomic E-state index is 0.460. The number of hydrogen-bond acceptors (Lipinski definition) is 4. The number of ether oxygens (including phenoxy) is 1. The van der Waals surface area contributed by atoms with Crippen LogP contribution in [0.5, 0.6) is 5.75 Å². The monoisotopic (exact) mass is 372 g/mol. The Hall–Kier alpha value is -2.50. The summed E-state index contributed by atoms with van der Waals surface area (Å²) < 4.78 is 10.6. The van der Waals surface area contributed by atoms with E-state index < -0.39 is 0 Å². The van der Waals surface area contributed by atoms with Crippen LogP contribution in [0.3, 0.4) is 0 Å². The highest BCUT2D eigenvalue weighted by atomic mass is 16.5. The Morgan fingerprint density at radius 1 is 1.15 bits per heavy atom. The zero-order chi connectivity index (χ0) is 19.5. The van der Waals surface area contributed by atoms with Crippen molar-refractivity contribution in [3.8, 4) is 5.75 Å². The van der Waals surface area contributed by atoms with E-state index in [4.69, 9.17) is 9.26 Å². The van der Waals surface area contributed by atoms with Gasteiger partial charge in [0.1, 0.15) is 12.3 Å². The molecule has 1 aromatic carbocycles. The summed E-state index contributed by atoms with van der Waals surface area (Å²) in [4.78, 5) is 4.61. The molecule has 0 saturated carbocycles. The van der Waals surface area contributed by atoms with Crippen LogP contribution in [0.1, 0.15) is 56.5 Å². The SMILES string of the molecule is CCNC(=NCc1cc(C(CC)CC)no1)NCCc1ccc(OC)cc1. The van der Waals surface area contributed by atoms with Gasteiger partial charge in [0.25, 0.3) is 0 Å². The van der Waals surface area contributed by atoms with Crippen LogP contribution in [0, 0.1) is 0 Å². The molecular formula is C21H32N4O2. The maximum atomic E-state index is 5.45. The Labute approximate surface area is 162 Å². The number of rotatable bonds is 10. The first-order valence-corrected chi connectivity index (χ1v) is 9.80. The number of benzene rings is 1. The molecule has 0 saturated heterocycles. The summed E-state index contributed by atoms with van der Waals surface area (Å²) in [6, 6.07) is 10.2. The van der Waals surface area contributed by atoms with Crippen LogP contribution in [-0.2, 0) is 13.0 Å². The van der Waals surface area contributed by atoms with Crippen molar-refractivity contribution in [1.82, 2.24) is 15.8 Å². The molecule has 6 heteroatoms. The summed E-state index contributed by atoms with van der Waals surface area (Å²) in [6.07, 6.45) is 3.05. The van der Waals surface area contributed by atoms with Gasteiger partial charge in [-0.05, 0) is 43.9 Å². The standard InChI is InChI=1S/C21H32N4O2/c1-5-17(6-2)20-14-19(27-25-20)15-24-21(22-7-3)23-13-12-16-8-10-18(26-4)11-9-16/h8-11,14,17H,5-7,12-13,15H2,1-4H3,(H2,22,23,24). The molecule has 0 unspecified atom stereocenters. The molecule has 0 radical (unpaired) electrons. The van der Waals surface area contributed by atoms with Gasteiger partial charge in [-0.1, -0.05) is 31.1 Å². The average Bonchev–Trinajstić information content (AvgIpc) is 3.16. The Morgan fingerprint density at radius 2 is 1.89 bits per heavy atom. The van der Waals surface area contributed by atoms with Gasteiger partial charge in [-0.15, -0.1) is 0 Å². The highest BCUT2D eigenvalue weighted by Gasteiger charge is 2.12. The molecule has 2 aromatic rings. The Kier molecular flexibility index (Phi) is 8.68. The van der Waals surface area contributed by atoms with Crippen LogP contribution in [0.2, 0.25) is 0 Å². The molecule has 0 atom stereocenters. The third-order valence-corrected chi connectivity index (χ3v) is 4.58. The second-order valence-electron chi connectivity index (χ2n) is 6.45. The predicted molar refractivity (Wildman–Crippen MR) is 109 cm³/mol. The first kappa shape index (κ1) is 20.8. The van der Waals surface area contributed by atoms with Crippen molar-refractivity contribution in [2.24, 2.45) is 4.99 Å². The van der Waals surface area contributed by atoms with E-state index >= 15 is 0 Å². The van der Waals surface area contributed by atoms with Gasteiger partial charge in [-0.3, -0.25) is 0 Å². The van der Waals surface area contributed by atoms with Crippen molar-refractivity contribution >= 4 is 5.96 Å². The van der Waals surface area contributed by atoms with Crippen molar-refractivity contribution < 1.29 is 9.26 Å². The Morgan fingerprint density at radius 3 is 2.52 bits per heavy atom. The lowest BCUT2D eigenvalue weighted by atomic mass is 9.99. The van der Waals surface area contributed by atoms with Crippen molar-refractivity contribution in [1.29, 1.82) is 0 Å². The summed E-state index contributed by atoms with van der Waals surface area (Å²) in [5.41, 5.74) is 2.28. The van der Waals surface area contributed by atoms with Gasteiger partial charge in [-0.2, -0.15) is 0 Å². The van der Waals surface area contributed by atoms with Gasteiger partial charge >= 0.3 is 0 Å². The summed E-state index contributed by atoms with van der Waals surface area (Å²) in [6.45, 7) is 8.50. The Balaban J connectivity index is 1.87. The molecule has 0 bridgehead atoms. The van der Waals surface area contributed by atoms with Gasteiger partial charge < -0.3 is 19.9 Å². The normalized spacial score (nSPS) is 11.7. The first-order valence-electron chi connectivity index (χ1n) is 9.80. The van der Waals surface area contributed by atoms with E-state index in [1.165, 1.54) is 5.56 Å². The van der Waals surface area contributed by atoms with Crippen LogP contribution < -0.4 is 15.4 Å². The van der Waals surface area contributed by atoms with Gasteiger partial charge in [0.2, 0.25) is 0 Å². The molecule has 0 amide bonds. The second-order valence-corrected chi connectivity index (χ2v) is 6.45. The molecule has 1 heterocycles. The minimum absolute atomic E-state index is 0.460. The Bertz CT molecular complexity index is 690. The molecule has 27 heavy (non-hydrogen) atoms. The average molecular weight is 373 g/mol. The molecule has 0 spiro atoms. The third kappa shape index (κ3) is 6.62. The predicted octanol–water partition coefficient (Wildman–Crippen LogP) is 3.88. The zero-order valence-corrected chi connectivity index (χ0v) is 16.9. The van der Waals surface area contributed by atoms with E-state index in [1.54, 1.807) is 7.11 Å². The highest BCUT2D eigenvalue weighted by Crippen LogP contribution is 2.22. The molecule has 2 N–H and O–H groups in total. The van der Waals surface area contributed by atoms with Crippen LogP contribution >= 0.6 is 0 Å². The lowest BCUT2D eigenvalue weighted by Gasteiger charge is -2.11. The number of methoxy groups -OCH3 is 1. The lowest BCUT2D eigenvalue weighted by molar-refractivity contribution is 0.372. The first-order chi connectivity index (χ1) is 13.2. The highest BCUT2D eigenvalue weighted by molar-refractivity contribution is 5.79. The number of aromatic nitrogens is 1. The number of guanidine groups is 1. The number of hydrogen-bond donors (Lipinski definition) is 2. The van der Waals surface area contributed by atoms with E-state index in [1.807, 2.05) is 18.2 Å². The van der Waals surface area contributed by atoms with Gasteiger partial charge in [0.15, 0.2) is 11.7 Å². The van der Waals surface area contributed by atoms with E-state index in [9.17, 15) is 0 Å². The molecule has 0 fully saturated rings. The fourth-order valence-electron chi connectivity index (χ4n) is 2.92. The second kappa shape index (κ2) is 11.3. The maximum absolute atomic E-state index is 5.45. The van der Waals surface area contributed by atoms with E-state index in [-0.39, 0.29) is 0 Å². The maximum Gasteiger partial charge on any atom is 0.191 e. The van der Waals surface area contributed by atoms with Gasteiger partial charge in [0, 0.05) is 25.1 Å². The smallest absolute Gasteiger partial charge is 0.191 e. The molecule has 0 aliphatic rings. The van der Waals surface area contributed by atoms with Crippen molar-refractivity contribution in [3.63, 3.8) is 0 Å². The zero-order valence-electron chi connectivity index (χ0n) is 16.9. The van der Waals surface area contributed by atoms with Gasteiger partial charge in [-0.25, -0.2) is 4.99 Å². The molecule has 6 nitrogen and oxygen atoms in total. The summed E-state index contributed by atoms with van der Waals surface area (Å²) in [7, 11) is 1.68. The van der Waals surface area contributed by atoms with Crippen LogP contribution in [0.4, 0.5) is 0 Å². The molecule has 1 aromatic heterocycles. The number of nitrogens with one attached hydrogen (secondary N) is 2. The minimum Gasteiger partial charge on any atom is -0.497 e. The number of aliphatic imine (C=N–C) groups is 1. The van der Waals surface area contributed by atoms with Gasteiger partial charge in [0.05, 0.1) is 12.8 Å². The van der Waals surface area contributed by atoms with E-state index in [2.05, 4.69) is 53.7 Å². The topological polar surface area (TPSA) is 71.7 Å². The molecule has 2 rings (SSSR count). The fourth-order valence-corrected chi connectivity index (χ4v) is 2.92.